The summed E-state index contributed by atoms with van der Waals surface area (Å²) in [6.07, 6.45) is 1.51. The second-order valence-electron chi connectivity index (χ2n) is 5.48. The molecule has 2 N–H and O–H groups in total. The van der Waals surface area contributed by atoms with Gasteiger partial charge in [0.1, 0.15) is 10.6 Å². The largest absolute Gasteiger partial charge is 0.497 e. The highest BCUT2D eigenvalue weighted by Crippen LogP contribution is 2.20. The van der Waals surface area contributed by atoms with E-state index in [-0.39, 0.29) is 14.9 Å². The van der Waals surface area contributed by atoms with Crippen LogP contribution in [0.4, 0.5) is 10.8 Å². The molecule has 2 aromatic carbocycles. The van der Waals surface area contributed by atoms with Crippen molar-refractivity contribution in [2.75, 3.05) is 17.1 Å². The van der Waals surface area contributed by atoms with Gasteiger partial charge in [-0.25, -0.2) is 13.4 Å². The summed E-state index contributed by atoms with van der Waals surface area (Å²) in [6.45, 7) is 0. The Hall–Kier alpha value is -2.82. The van der Waals surface area contributed by atoms with Crippen LogP contribution in [-0.4, -0.2) is 31.3 Å². The van der Waals surface area contributed by atoms with Crippen molar-refractivity contribution in [3.05, 3.63) is 65.7 Å². The number of amides is 1. The highest BCUT2D eigenvalue weighted by Gasteiger charge is 2.16. The molecule has 0 aliphatic carbocycles. The van der Waals surface area contributed by atoms with E-state index < -0.39 is 15.9 Å². The molecule has 0 radical (unpaired) electrons. The first-order chi connectivity index (χ1) is 13.4. The lowest BCUT2D eigenvalue weighted by Crippen LogP contribution is -2.22. The number of carbonyl (C=O) groups is 1. The fraction of sp³-hybridized carbons (Fsp3) is 0.0556. The number of sulfonamides is 1. The van der Waals surface area contributed by atoms with Crippen molar-refractivity contribution in [1.82, 2.24) is 4.98 Å². The fourth-order valence-electron chi connectivity index (χ4n) is 2.23. The summed E-state index contributed by atoms with van der Waals surface area (Å²) in [5.74, 6) is 0.201. The summed E-state index contributed by atoms with van der Waals surface area (Å²) in [5, 5.41) is 4.60. The van der Waals surface area contributed by atoms with Crippen molar-refractivity contribution < 1.29 is 17.9 Å². The third-order valence-electron chi connectivity index (χ3n) is 3.63. The second kappa shape index (κ2) is 8.46. The van der Waals surface area contributed by atoms with Gasteiger partial charge in [-0.1, -0.05) is 12.2 Å². The Morgan fingerprint density at radius 3 is 2.36 bits per heavy atom. The third kappa shape index (κ3) is 4.71. The number of hydrogen-bond acceptors (Lipinski definition) is 7. The number of rotatable bonds is 7. The second-order valence-corrected chi connectivity index (χ2v) is 8.46. The number of thiazole rings is 1. The molecule has 0 saturated carbocycles. The quantitative estimate of drug-likeness (QED) is 0.438. The van der Waals surface area contributed by atoms with Crippen LogP contribution in [0.25, 0.3) is 0 Å². The zero-order chi connectivity index (χ0) is 20.1. The average Bonchev–Trinajstić information content (AvgIpc) is 3.20. The van der Waals surface area contributed by atoms with Crippen molar-refractivity contribution in [3.63, 3.8) is 0 Å². The van der Waals surface area contributed by atoms with E-state index in [1.165, 1.54) is 41.8 Å². The monoisotopic (exact) mass is 433 g/mol. The number of carbonyl (C=O) groups excluding carboxylic acids is 1. The summed E-state index contributed by atoms with van der Waals surface area (Å²) in [4.78, 5) is 16.4. The van der Waals surface area contributed by atoms with E-state index in [1.807, 2.05) is 0 Å². The minimum atomic E-state index is -3.75. The van der Waals surface area contributed by atoms with Crippen molar-refractivity contribution in [2.24, 2.45) is 0 Å². The molecule has 0 unspecified atom stereocenters. The van der Waals surface area contributed by atoms with Gasteiger partial charge >= 0.3 is 0 Å². The van der Waals surface area contributed by atoms with Crippen LogP contribution in [0.5, 0.6) is 5.75 Å². The Morgan fingerprint density at radius 1 is 1.11 bits per heavy atom. The molecule has 144 valence electrons. The molecule has 1 aromatic heterocycles. The van der Waals surface area contributed by atoms with Gasteiger partial charge in [0, 0.05) is 17.3 Å². The molecule has 28 heavy (non-hydrogen) atoms. The first-order valence-electron chi connectivity index (χ1n) is 7.91. The van der Waals surface area contributed by atoms with Crippen molar-refractivity contribution in [2.45, 2.75) is 4.90 Å². The van der Waals surface area contributed by atoms with Crippen LogP contribution >= 0.6 is 23.6 Å². The van der Waals surface area contributed by atoms with Gasteiger partial charge in [-0.15, -0.1) is 11.3 Å². The fourth-order valence-corrected chi connectivity index (χ4v) is 4.20. The van der Waals surface area contributed by atoms with Crippen LogP contribution in [0.15, 0.2) is 65.0 Å². The van der Waals surface area contributed by atoms with E-state index in [0.717, 1.165) is 0 Å². The molecule has 10 heteroatoms. The van der Waals surface area contributed by atoms with Gasteiger partial charge in [-0.05, 0) is 54.1 Å². The molecule has 0 aliphatic heterocycles. The molecule has 0 fully saturated rings. The summed E-state index contributed by atoms with van der Waals surface area (Å²) in [7, 11) is -2.19. The Balaban J connectivity index is 1.67. The van der Waals surface area contributed by atoms with Crippen molar-refractivity contribution in [3.8, 4) is 5.75 Å². The van der Waals surface area contributed by atoms with Gasteiger partial charge in [0.15, 0.2) is 5.13 Å². The Kier molecular flexibility index (Phi) is 6.02. The van der Waals surface area contributed by atoms with Crippen molar-refractivity contribution >= 4 is 55.2 Å². The van der Waals surface area contributed by atoms with Gasteiger partial charge in [-0.2, -0.15) is 0 Å². The number of benzene rings is 2. The Morgan fingerprint density at radius 2 is 1.79 bits per heavy atom. The van der Waals surface area contributed by atoms with Crippen LogP contribution in [0.1, 0.15) is 5.56 Å². The molecular weight excluding hydrogens is 418 g/mol. The number of nitrogens with one attached hydrogen (secondary N) is 2. The molecular formula is C18H15N3O4S3. The predicted molar refractivity (Wildman–Crippen MR) is 113 cm³/mol. The van der Waals surface area contributed by atoms with Crippen LogP contribution in [-0.2, 0) is 14.8 Å². The van der Waals surface area contributed by atoms with Crippen LogP contribution in [0.2, 0.25) is 0 Å². The molecule has 0 saturated heterocycles. The molecule has 3 aromatic rings. The van der Waals surface area contributed by atoms with Gasteiger partial charge in [-0.3, -0.25) is 9.52 Å². The summed E-state index contributed by atoms with van der Waals surface area (Å²) < 4.78 is 32.1. The third-order valence-corrected chi connectivity index (χ3v) is 6.23. The first-order valence-corrected chi connectivity index (χ1v) is 10.7. The first kappa shape index (κ1) is 19.9. The van der Waals surface area contributed by atoms with Gasteiger partial charge in [0.25, 0.3) is 15.9 Å². The number of methoxy groups -OCH3 is 1. The summed E-state index contributed by atoms with van der Waals surface area (Å²) >= 11 is 6.39. The number of nitrogens with zero attached hydrogens (tertiary/aromatic N) is 1. The lowest BCUT2D eigenvalue weighted by molar-refractivity contribution is -0.110. The van der Waals surface area contributed by atoms with E-state index >= 15 is 0 Å². The summed E-state index contributed by atoms with van der Waals surface area (Å²) in [5.41, 5.74) is 1.01. The minimum Gasteiger partial charge on any atom is -0.497 e. The van der Waals surface area contributed by atoms with Gasteiger partial charge in [0.05, 0.1) is 12.0 Å². The minimum absolute atomic E-state index is 0.0541. The number of thiocarbonyl (C=S) groups is 1. The maximum atomic E-state index is 12.3. The Bertz CT molecular complexity index is 1080. The van der Waals surface area contributed by atoms with E-state index in [0.29, 0.717) is 17.0 Å². The lowest BCUT2D eigenvalue weighted by Gasteiger charge is -2.09. The normalized spacial score (nSPS) is 10.9. The van der Waals surface area contributed by atoms with Crippen LogP contribution in [0.3, 0.4) is 0 Å². The zero-order valence-electron chi connectivity index (χ0n) is 14.6. The maximum Gasteiger partial charge on any atom is 0.267 e. The topological polar surface area (TPSA) is 97.4 Å². The van der Waals surface area contributed by atoms with E-state index in [4.69, 9.17) is 17.0 Å². The standard InChI is InChI=1S/C18H15N3O4S3/c1-25-14-6-2-12(3-7-14)16(26)17(22)20-13-4-8-15(9-5-13)28(23,24)21-18-19-10-11-27-18/h2-11H,1H3,(H,19,21)(H,20,22). The number of hydrogen-bond donors (Lipinski definition) is 2. The summed E-state index contributed by atoms with van der Waals surface area (Å²) in [6, 6.07) is 12.6. The number of aromatic nitrogens is 1. The maximum absolute atomic E-state index is 12.3. The molecule has 1 amide bonds. The van der Waals surface area contributed by atoms with E-state index in [1.54, 1.807) is 36.8 Å². The molecule has 0 aliphatic rings. The van der Waals surface area contributed by atoms with Crippen LogP contribution in [0, 0.1) is 0 Å². The van der Waals surface area contributed by atoms with E-state index in [9.17, 15) is 13.2 Å². The van der Waals surface area contributed by atoms with Gasteiger partial charge in [0.2, 0.25) is 0 Å². The lowest BCUT2D eigenvalue weighted by atomic mass is 10.1. The molecule has 1 heterocycles. The SMILES string of the molecule is COc1ccc(C(=S)C(=O)Nc2ccc(S(=O)(=O)Nc3nccs3)cc2)cc1. The zero-order valence-corrected chi connectivity index (χ0v) is 17.0. The molecule has 0 bridgehead atoms. The highest BCUT2D eigenvalue weighted by molar-refractivity contribution is 7.93. The predicted octanol–water partition coefficient (Wildman–Crippen LogP) is 3.31. The smallest absolute Gasteiger partial charge is 0.267 e. The molecule has 3 rings (SSSR count). The molecule has 0 atom stereocenters. The number of anilines is 2. The van der Waals surface area contributed by atoms with Crippen LogP contribution < -0.4 is 14.8 Å². The van der Waals surface area contributed by atoms with E-state index in [2.05, 4.69) is 15.0 Å². The van der Waals surface area contributed by atoms with Crippen molar-refractivity contribution in [1.29, 1.82) is 0 Å². The van der Waals surface area contributed by atoms with Gasteiger partial charge < -0.3 is 10.1 Å². The highest BCUT2D eigenvalue weighted by atomic mass is 32.2. The molecule has 0 spiro atoms. The Labute approximate surface area is 171 Å². The molecule has 7 nitrogen and oxygen atoms in total. The average molecular weight is 434 g/mol. The number of ether oxygens (including phenoxy) is 1.